The number of hydrogen-bond donors (Lipinski definition) is 0. The van der Waals surface area contributed by atoms with E-state index in [9.17, 15) is 9.59 Å². The molecule has 1 atom stereocenters. The molecule has 2 heteroatoms. The monoisotopic (exact) mass is 244 g/mol. The van der Waals surface area contributed by atoms with E-state index in [-0.39, 0.29) is 17.5 Å². The maximum absolute atomic E-state index is 12.6. The van der Waals surface area contributed by atoms with E-state index in [1.165, 1.54) is 0 Å². The highest BCUT2D eigenvalue weighted by atomic mass is 16.2. The first-order chi connectivity index (χ1) is 8.59. The fourth-order valence-electron chi connectivity index (χ4n) is 2.95. The number of benzene rings is 1. The number of carbonyl (C=O) groups excluding carboxylic acids is 2. The quantitative estimate of drug-likeness (QED) is 0.764. The van der Waals surface area contributed by atoms with Gasteiger partial charge in [0, 0.05) is 12.3 Å². The van der Waals surface area contributed by atoms with E-state index >= 15 is 0 Å². The Morgan fingerprint density at radius 2 is 1.83 bits per heavy atom. The van der Waals surface area contributed by atoms with Crippen molar-refractivity contribution < 1.29 is 9.59 Å². The lowest BCUT2D eigenvalue weighted by molar-refractivity contribution is -0.139. The third-order valence-electron chi connectivity index (χ3n) is 3.89. The van der Waals surface area contributed by atoms with Crippen molar-refractivity contribution in [1.82, 2.24) is 0 Å². The fourth-order valence-corrected chi connectivity index (χ4v) is 2.95. The summed E-state index contributed by atoms with van der Waals surface area (Å²) >= 11 is 0. The molecule has 0 heterocycles. The lowest BCUT2D eigenvalue weighted by Gasteiger charge is -2.36. The second-order valence-electron chi connectivity index (χ2n) is 5.42. The van der Waals surface area contributed by atoms with Gasteiger partial charge in [-0.15, -0.1) is 0 Å². The summed E-state index contributed by atoms with van der Waals surface area (Å²) in [6, 6.07) is 9.58. The molecule has 1 aliphatic rings. The zero-order valence-corrected chi connectivity index (χ0v) is 11.1. The minimum absolute atomic E-state index is 0.0819. The van der Waals surface area contributed by atoms with Crippen molar-refractivity contribution >= 4 is 11.6 Å². The smallest absolute Gasteiger partial charge is 0.153 e. The first-order valence-electron chi connectivity index (χ1n) is 6.72. The Labute approximate surface area is 108 Å². The third kappa shape index (κ3) is 2.00. The van der Waals surface area contributed by atoms with E-state index in [2.05, 4.69) is 0 Å². The molecule has 18 heavy (non-hydrogen) atoms. The van der Waals surface area contributed by atoms with Crippen molar-refractivity contribution in [2.75, 3.05) is 0 Å². The molecule has 0 amide bonds. The first-order valence-corrected chi connectivity index (χ1v) is 6.72. The van der Waals surface area contributed by atoms with Crippen LogP contribution in [0.25, 0.3) is 0 Å². The van der Waals surface area contributed by atoms with E-state index in [1.54, 1.807) is 0 Å². The lowest BCUT2D eigenvalue weighted by atomic mass is 9.64. The van der Waals surface area contributed by atoms with Crippen LogP contribution >= 0.6 is 0 Å². The van der Waals surface area contributed by atoms with Gasteiger partial charge in [-0.1, -0.05) is 50.6 Å². The number of ketones is 2. The van der Waals surface area contributed by atoms with E-state index < -0.39 is 5.41 Å². The Bertz CT molecular complexity index is 447. The van der Waals surface area contributed by atoms with Crippen molar-refractivity contribution in [2.45, 2.75) is 44.9 Å². The van der Waals surface area contributed by atoms with Gasteiger partial charge >= 0.3 is 0 Å². The predicted octanol–water partition coefficient (Wildman–Crippen LogP) is 3.29. The molecule has 96 valence electrons. The van der Waals surface area contributed by atoms with Crippen LogP contribution < -0.4 is 0 Å². The minimum Gasteiger partial charge on any atom is -0.298 e. The predicted molar refractivity (Wildman–Crippen MR) is 71.4 cm³/mol. The van der Waals surface area contributed by atoms with E-state index in [1.807, 2.05) is 44.2 Å². The maximum atomic E-state index is 12.6. The summed E-state index contributed by atoms with van der Waals surface area (Å²) in [6.45, 7) is 3.77. The molecular formula is C16H20O2. The molecule has 1 saturated carbocycles. The number of rotatable bonds is 3. The third-order valence-corrected chi connectivity index (χ3v) is 3.89. The summed E-state index contributed by atoms with van der Waals surface area (Å²) in [5, 5.41) is 0. The largest absolute Gasteiger partial charge is 0.298 e. The van der Waals surface area contributed by atoms with Crippen LogP contribution in [0, 0.1) is 5.92 Å². The summed E-state index contributed by atoms with van der Waals surface area (Å²) in [5.74, 6) is 0.0873. The van der Waals surface area contributed by atoms with Gasteiger partial charge in [-0.05, 0) is 18.4 Å². The van der Waals surface area contributed by atoms with E-state index in [0.717, 1.165) is 18.4 Å². The van der Waals surface area contributed by atoms with Crippen molar-refractivity contribution in [1.29, 1.82) is 0 Å². The molecule has 1 fully saturated rings. The summed E-state index contributed by atoms with van der Waals surface area (Å²) in [4.78, 5) is 25.1. The SMILES string of the molecule is CC(C)C(=O)[C@]1(c2ccccc2)CCCCC1=O. The molecule has 0 spiro atoms. The molecule has 0 unspecified atom stereocenters. The molecule has 1 aromatic rings. The second kappa shape index (κ2) is 5.05. The standard InChI is InChI=1S/C16H20O2/c1-12(2)15(18)16(11-7-6-10-14(16)17)13-8-4-3-5-9-13/h3-5,8-9,12H,6-7,10-11H2,1-2H3/t16-/m0/s1. The van der Waals surface area contributed by atoms with Gasteiger partial charge in [-0.25, -0.2) is 0 Å². The van der Waals surface area contributed by atoms with Gasteiger partial charge in [0.1, 0.15) is 5.41 Å². The lowest BCUT2D eigenvalue weighted by Crippen LogP contribution is -2.47. The Morgan fingerprint density at radius 3 is 2.39 bits per heavy atom. The first kappa shape index (κ1) is 13.0. The minimum atomic E-state index is -0.867. The molecule has 0 radical (unpaired) electrons. The van der Waals surface area contributed by atoms with Gasteiger partial charge in [0.2, 0.25) is 0 Å². The molecule has 0 N–H and O–H groups in total. The second-order valence-corrected chi connectivity index (χ2v) is 5.42. The summed E-state index contributed by atoms with van der Waals surface area (Å²) in [6.07, 6.45) is 3.08. The van der Waals surface area contributed by atoms with E-state index in [0.29, 0.717) is 12.8 Å². The van der Waals surface area contributed by atoms with Crippen molar-refractivity contribution in [3.8, 4) is 0 Å². The van der Waals surface area contributed by atoms with Gasteiger partial charge in [-0.3, -0.25) is 9.59 Å². The molecule has 0 aromatic heterocycles. The number of hydrogen-bond acceptors (Lipinski definition) is 2. The van der Waals surface area contributed by atoms with Gasteiger partial charge in [0.25, 0.3) is 0 Å². The van der Waals surface area contributed by atoms with Gasteiger partial charge in [0.05, 0.1) is 0 Å². The van der Waals surface area contributed by atoms with Crippen LogP contribution in [0.2, 0.25) is 0 Å². The van der Waals surface area contributed by atoms with Crippen LogP contribution in [0.1, 0.15) is 45.1 Å². The average molecular weight is 244 g/mol. The summed E-state index contributed by atoms with van der Waals surface area (Å²) < 4.78 is 0. The Morgan fingerprint density at radius 1 is 1.17 bits per heavy atom. The zero-order valence-electron chi connectivity index (χ0n) is 11.1. The fraction of sp³-hybridized carbons (Fsp3) is 0.500. The molecule has 0 bridgehead atoms. The highest BCUT2D eigenvalue weighted by Crippen LogP contribution is 2.39. The topological polar surface area (TPSA) is 34.1 Å². The molecular weight excluding hydrogens is 224 g/mol. The van der Waals surface area contributed by atoms with Gasteiger partial charge in [-0.2, -0.15) is 0 Å². The normalized spacial score (nSPS) is 24.3. The Kier molecular flexibility index (Phi) is 3.65. The summed E-state index contributed by atoms with van der Waals surface area (Å²) in [5.41, 5.74) is 0.0154. The zero-order chi connectivity index (χ0) is 13.2. The molecule has 1 aliphatic carbocycles. The van der Waals surface area contributed by atoms with Gasteiger partial charge < -0.3 is 0 Å². The van der Waals surface area contributed by atoms with Crippen LogP contribution in [0.5, 0.6) is 0 Å². The molecule has 0 aliphatic heterocycles. The Hall–Kier alpha value is -1.44. The van der Waals surface area contributed by atoms with Crippen molar-refractivity contribution in [3.63, 3.8) is 0 Å². The molecule has 1 aromatic carbocycles. The average Bonchev–Trinajstić information content (AvgIpc) is 2.39. The van der Waals surface area contributed by atoms with Crippen LogP contribution in [0.4, 0.5) is 0 Å². The van der Waals surface area contributed by atoms with Gasteiger partial charge in [0.15, 0.2) is 11.6 Å². The number of Topliss-reactive ketones (excluding diaryl/α,β-unsaturated/α-hetero) is 2. The highest BCUT2D eigenvalue weighted by Gasteiger charge is 2.48. The molecule has 0 saturated heterocycles. The van der Waals surface area contributed by atoms with Crippen molar-refractivity contribution in [3.05, 3.63) is 35.9 Å². The van der Waals surface area contributed by atoms with Crippen LogP contribution in [0.15, 0.2) is 30.3 Å². The van der Waals surface area contributed by atoms with Crippen LogP contribution in [0.3, 0.4) is 0 Å². The molecule has 2 nitrogen and oxygen atoms in total. The van der Waals surface area contributed by atoms with Crippen LogP contribution in [-0.4, -0.2) is 11.6 Å². The number of carbonyl (C=O) groups is 2. The molecule has 2 rings (SSSR count). The highest BCUT2D eigenvalue weighted by molar-refractivity contribution is 6.13. The maximum Gasteiger partial charge on any atom is 0.153 e. The Balaban J connectivity index is 2.53. The van der Waals surface area contributed by atoms with E-state index in [4.69, 9.17) is 0 Å². The summed E-state index contributed by atoms with van der Waals surface area (Å²) in [7, 11) is 0. The van der Waals surface area contributed by atoms with Crippen molar-refractivity contribution in [2.24, 2.45) is 5.92 Å². The van der Waals surface area contributed by atoms with Crippen LogP contribution in [-0.2, 0) is 15.0 Å².